The van der Waals surface area contributed by atoms with Gasteiger partial charge in [0.25, 0.3) is 0 Å². The minimum atomic E-state index is -0.168. The number of likely N-dealkylation sites (tertiary alicyclic amines) is 2. The molecule has 2 aliphatic heterocycles. The Hall–Kier alpha value is -1.92. The Bertz CT molecular complexity index is 621. The molecule has 7 heteroatoms. The van der Waals surface area contributed by atoms with Crippen LogP contribution in [0.1, 0.15) is 57.7 Å². The van der Waals surface area contributed by atoms with Crippen LogP contribution in [0.25, 0.3) is 0 Å². The normalized spacial score (nSPS) is 23.3. The molecule has 138 valence electrons. The van der Waals surface area contributed by atoms with E-state index in [4.69, 9.17) is 0 Å². The highest BCUT2D eigenvalue weighted by atomic mass is 16.2. The largest absolute Gasteiger partial charge is 0.342 e. The van der Waals surface area contributed by atoms with Crippen molar-refractivity contribution in [1.29, 1.82) is 0 Å². The second-order valence-corrected chi connectivity index (χ2v) is 7.48. The lowest BCUT2D eigenvalue weighted by Crippen LogP contribution is -2.43. The molecule has 0 spiro atoms. The van der Waals surface area contributed by atoms with Crippen molar-refractivity contribution in [2.75, 3.05) is 19.6 Å². The fourth-order valence-electron chi connectivity index (χ4n) is 4.17. The first kappa shape index (κ1) is 17.9. The minimum Gasteiger partial charge on any atom is -0.342 e. The number of aryl methyl sites for hydroxylation is 1. The van der Waals surface area contributed by atoms with Gasteiger partial charge in [-0.1, -0.05) is 13.3 Å². The summed E-state index contributed by atoms with van der Waals surface area (Å²) in [6, 6.07) is 0.233. The van der Waals surface area contributed by atoms with Crippen LogP contribution in [-0.4, -0.2) is 62.1 Å². The lowest BCUT2D eigenvalue weighted by Gasteiger charge is -2.33. The molecule has 7 nitrogen and oxygen atoms in total. The quantitative estimate of drug-likeness (QED) is 0.810. The molecule has 2 aliphatic rings. The average molecular weight is 347 g/mol. The highest BCUT2D eigenvalue weighted by Crippen LogP contribution is 2.29. The van der Waals surface area contributed by atoms with Crippen molar-refractivity contribution in [1.82, 2.24) is 24.6 Å². The fraction of sp³-hybridized carbons (Fsp3) is 0.778. The van der Waals surface area contributed by atoms with Gasteiger partial charge in [-0.05, 0) is 26.2 Å². The molecule has 0 radical (unpaired) electrons. The summed E-state index contributed by atoms with van der Waals surface area (Å²) in [4.78, 5) is 29.0. The molecule has 0 bridgehead atoms. The summed E-state index contributed by atoms with van der Waals surface area (Å²) < 4.78 is 1.96. The molecule has 0 saturated carbocycles. The predicted octanol–water partition coefficient (Wildman–Crippen LogP) is 1.56. The van der Waals surface area contributed by atoms with E-state index >= 15 is 0 Å². The maximum Gasteiger partial charge on any atom is 0.227 e. The Morgan fingerprint density at radius 3 is 2.68 bits per heavy atom. The molecule has 1 aromatic rings. The molecular weight excluding hydrogens is 318 g/mol. The van der Waals surface area contributed by atoms with Gasteiger partial charge in [0.05, 0.1) is 5.92 Å². The number of hydrogen-bond acceptors (Lipinski definition) is 4. The van der Waals surface area contributed by atoms with E-state index in [-0.39, 0.29) is 23.8 Å². The summed E-state index contributed by atoms with van der Waals surface area (Å²) >= 11 is 0. The van der Waals surface area contributed by atoms with E-state index in [9.17, 15) is 9.59 Å². The number of carbonyl (C=O) groups is 2. The molecular formula is C18H29N5O2. The third kappa shape index (κ3) is 3.70. The minimum absolute atomic E-state index is 0.133. The van der Waals surface area contributed by atoms with Gasteiger partial charge in [0, 0.05) is 45.1 Å². The van der Waals surface area contributed by atoms with Crippen molar-refractivity contribution < 1.29 is 9.59 Å². The number of aromatic nitrogens is 3. The van der Waals surface area contributed by atoms with E-state index in [1.54, 1.807) is 6.33 Å². The number of rotatable bonds is 5. The maximum absolute atomic E-state index is 12.8. The topological polar surface area (TPSA) is 71.3 Å². The molecule has 2 amide bonds. The van der Waals surface area contributed by atoms with Crippen LogP contribution in [0.3, 0.4) is 0 Å². The summed E-state index contributed by atoms with van der Waals surface area (Å²) in [6.07, 6.45) is 5.97. The Kier molecular flexibility index (Phi) is 5.39. The monoisotopic (exact) mass is 347 g/mol. The second-order valence-electron chi connectivity index (χ2n) is 7.48. The zero-order chi connectivity index (χ0) is 18.0. The van der Waals surface area contributed by atoms with Crippen molar-refractivity contribution in [2.45, 2.75) is 57.9 Å². The van der Waals surface area contributed by atoms with Crippen LogP contribution in [-0.2, 0) is 16.6 Å². The third-order valence-corrected chi connectivity index (χ3v) is 5.66. The fourth-order valence-corrected chi connectivity index (χ4v) is 4.17. The van der Waals surface area contributed by atoms with Crippen LogP contribution in [0, 0.1) is 5.92 Å². The van der Waals surface area contributed by atoms with Crippen LogP contribution in [0.2, 0.25) is 0 Å². The summed E-state index contributed by atoms with van der Waals surface area (Å²) in [5.74, 6) is 1.48. The molecule has 0 unspecified atom stereocenters. The zero-order valence-electron chi connectivity index (χ0n) is 15.5. The number of nitrogens with zero attached hydrogens (tertiary/aromatic N) is 5. The average Bonchev–Trinajstić information content (AvgIpc) is 3.20. The first-order valence-electron chi connectivity index (χ1n) is 9.43. The van der Waals surface area contributed by atoms with E-state index in [1.165, 1.54) is 0 Å². The lowest BCUT2D eigenvalue weighted by molar-refractivity contribution is -0.136. The number of piperidine rings is 1. The van der Waals surface area contributed by atoms with Gasteiger partial charge in [-0.2, -0.15) is 0 Å². The second kappa shape index (κ2) is 7.54. The number of amides is 2. The number of hydrogen-bond donors (Lipinski definition) is 0. The molecule has 25 heavy (non-hydrogen) atoms. The Morgan fingerprint density at radius 2 is 2.08 bits per heavy atom. The zero-order valence-corrected chi connectivity index (χ0v) is 15.5. The Morgan fingerprint density at radius 1 is 1.36 bits per heavy atom. The van der Waals surface area contributed by atoms with Gasteiger partial charge in [0.2, 0.25) is 11.8 Å². The number of carbonyl (C=O) groups excluding carboxylic acids is 2. The third-order valence-electron chi connectivity index (χ3n) is 5.66. The molecule has 3 heterocycles. The van der Waals surface area contributed by atoms with Crippen molar-refractivity contribution >= 4 is 11.8 Å². The van der Waals surface area contributed by atoms with Gasteiger partial charge in [-0.3, -0.25) is 9.59 Å². The first-order valence-corrected chi connectivity index (χ1v) is 9.43. The maximum atomic E-state index is 12.8. The smallest absolute Gasteiger partial charge is 0.227 e. The van der Waals surface area contributed by atoms with Gasteiger partial charge in [0.15, 0.2) is 0 Å². The molecule has 2 fully saturated rings. The van der Waals surface area contributed by atoms with Crippen LogP contribution in [0.4, 0.5) is 0 Å². The van der Waals surface area contributed by atoms with Crippen LogP contribution < -0.4 is 0 Å². The van der Waals surface area contributed by atoms with Crippen molar-refractivity contribution in [3.63, 3.8) is 0 Å². The van der Waals surface area contributed by atoms with E-state index in [1.807, 2.05) is 21.4 Å². The van der Waals surface area contributed by atoms with Crippen LogP contribution in [0.5, 0.6) is 0 Å². The van der Waals surface area contributed by atoms with Gasteiger partial charge in [-0.15, -0.1) is 10.2 Å². The van der Waals surface area contributed by atoms with E-state index in [0.29, 0.717) is 18.9 Å². The van der Waals surface area contributed by atoms with E-state index < -0.39 is 0 Å². The molecule has 2 saturated heterocycles. The molecule has 1 aromatic heterocycles. The van der Waals surface area contributed by atoms with Crippen molar-refractivity contribution in [3.05, 3.63) is 12.2 Å². The van der Waals surface area contributed by atoms with Crippen molar-refractivity contribution in [3.8, 4) is 0 Å². The van der Waals surface area contributed by atoms with Crippen LogP contribution >= 0.6 is 0 Å². The molecule has 0 N–H and O–H groups in total. The highest BCUT2D eigenvalue weighted by Gasteiger charge is 2.39. The molecule has 2 atom stereocenters. The van der Waals surface area contributed by atoms with Gasteiger partial charge < -0.3 is 14.4 Å². The molecule has 3 rings (SSSR count). The predicted molar refractivity (Wildman–Crippen MR) is 93.7 cm³/mol. The highest BCUT2D eigenvalue weighted by molar-refractivity contribution is 5.89. The first-order chi connectivity index (χ1) is 12.0. The summed E-state index contributed by atoms with van der Waals surface area (Å²) in [5.41, 5.74) is 0. The van der Waals surface area contributed by atoms with E-state index in [2.05, 4.69) is 24.0 Å². The van der Waals surface area contributed by atoms with Gasteiger partial charge >= 0.3 is 0 Å². The summed E-state index contributed by atoms with van der Waals surface area (Å²) in [7, 11) is 1.96. The summed E-state index contributed by atoms with van der Waals surface area (Å²) in [5, 5.41) is 8.15. The standard InChI is InChI=1S/C18H29N5O2/c1-4-5-13(2)23-11-15(10-16(23)24)18(25)22-8-6-14(7-9-22)17-20-19-12-21(17)3/h12-15H,4-11H2,1-3H3/t13-,15+/m0/s1. The Labute approximate surface area is 149 Å². The SMILES string of the molecule is CCC[C@H](C)N1C[C@H](C(=O)N2CCC(c3nncn3C)CC2)CC1=O. The summed E-state index contributed by atoms with van der Waals surface area (Å²) in [6.45, 7) is 6.28. The molecule has 0 aromatic carbocycles. The van der Waals surface area contributed by atoms with Gasteiger partial charge in [0.1, 0.15) is 12.2 Å². The van der Waals surface area contributed by atoms with Crippen molar-refractivity contribution in [2.24, 2.45) is 13.0 Å². The van der Waals surface area contributed by atoms with E-state index in [0.717, 1.165) is 44.6 Å². The van der Waals surface area contributed by atoms with Gasteiger partial charge in [-0.25, -0.2) is 0 Å². The molecule has 0 aliphatic carbocycles. The lowest BCUT2D eigenvalue weighted by atomic mass is 9.94. The Balaban J connectivity index is 1.55. The van der Waals surface area contributed by atoms with Crippen LogP contribution in [0.15, 0.2) is 6.33 Å².